The topological polar surface area (TPSA) is 61.4 Å². The van der Waals surface area contributed by atoms with Crippen molar-refractivity contribution in [3.05, 3.63) is 35.4 Å². The summed E-state index contributed by atoms with van der Waals surface area (Å²) >= 11 is 0. The highest BCUT2D eigenvalue weighted by atomic mass is 16.3. The molecular weight excluding hydrogens is 276 g/mol. The summed E-state index contributed by atoms with van der Waals surface area (Å²) in [5.74, 6) is 0.925. The predicted octanol–water partition coefficient (Wildman–Crippen LogP) is 3.26. The first kappa shape index (κ1) is 18.5. The second-order valence-corrected chi connectivity index (χ2v) is 6.53. The van der Waals surface area contributed by atoms with E-state index in [2.05, 4.69) is 48.7 Å². The lowest BCUT2D eigenvalue weighted by Gasteiger charge is -2.17. The van der Waals surface area contributed by atoms with Crippen molar-refractivity contribution in [2.75, 3.05) is 13.2 Å². The second-order valence-electron chi connectivity index (χ2n) is 6.53. The fraction of sp³-hybridized carbons (Fsp3) is 0.611. The lowest BCUT2D eigenvalue weighted by atomic mass is 10.00. The van der Waals surface area contributed by atoms with Gasteiger partial charge in [0.25, 0.3) is 0 Å². The van der Waals surface area contributed by atoms with Crippen molar-refractivity contribution < 1.29 is 9.90 Å². The third-order valence-corrected chi connectivity index (χ3v) is 3.70. The van der Waals surface area contributed by atoms with E-state index in [1.807, 2.05) is 13.8 Å². The van der Waals surface area contributed by atoms with Crippen molar-refractivity contribution >= 4 is 6.03 Å². The van der Waals surface area contributed by atoms with E-state index in [1.54, 1.807) is 0 Å². The lowest BCUT2D eigenvalue weighted by molar-refractivity contribution is 0.231. The van der Waals surface area contributed by atoms with E-state index < -0.39 is 0 Å². The molecule has 4 heteroatoms. The van der Waals surface area contributed by atoms with E-state index in [1.165, 1.54) is 5.56 Å². The third kappa shape index (κ3) is 6.94. The zero-order valence-electron chi connectivity index (χ0n) is 14.2. The van der Waals surface area contributed by atoms with E-state index in [0.717, 1.165) is 12.0 Å². The molecule has 0 heterocycles. The number of rotatable bonds is 8. The summed E-state index contributed by atoms with van der Waals surface area (Å²) in [4.78, 5) is 11.9. The second kappa shape index (κ2) is 9.46. The highest BCUT2D eigenvalue weighted by Gasteiger charge is 2.10. The van der Waals surface area contributed by atoms with Gasteiger partial charge in [-0.1, -0.05) is 45.0 Å². The van der Waals surface area contributed by atoms with Crippen LogP contribution in [0, 0.1) is 11.8 Å². The molecule has 3 N–H and O–H groups in total. The molecule has 0 aliphatic carbocycles. The van der Waals surface area contributed by atoms with Crippen LogP contribution in [-0.4, -0.2) is 24.3 Å². The molecule has 0 saturated heterocycles. The Morgan fingerprint density at radius 1 is 1.14 bits per heavy atom. The summed E-state index contributed by atoms with van der Waals surface area (Å²) < 4.78 is 0. The lowest BCUT2D eigenvalue weighted by Crippen LogP contribution is -2.39. The summed E-state index contributed by atoms with van der Waals surface area (Å²) in [5.41, 5.74) is 2.43. The van der Waals surface area contributed by atoms with Crippen LogP contribution in [0.1, 0.15) is 51.3 Å². The smallest absolute Gasteiger partial charge is 0.315 e. The quantitative estimate of drug-likeness (QED) is 0.690. The molecule has 4 nitrogen and oxygen atoms in total. The molecule has 0 aliphatic rings. The van der Waals surface area contributed by atoms with Gasteiger partial charge in [-0.25, -0.2) is 4.79 Å². The average molecular weight is 306 g/mol. The molecule has 0 radical (unpaired) electrons. The number of hydrogen-bond donors (Lipinski definition) is 3. The molecule has 22 heavy (non-hydrogen) atoms. The van der Waals surface area contributed by atoms with Crippen molar-refractivity contribution in [2.24, 2.45) is 11.8 Å². The van der Waals surface area contributed by atoms with Gasteiger partial charge in [0.15, 0.2) is 0 Å². The monoisotopic (exact) mass is 306 g/mol. The zero-order valence-corrected chi connectivity index (χ0v) is 14.2. The van der Waals surface area contributed by atoms with Gasteiger partial charge in [-0.15, -0.1) is 0 Å². The van der Waals surface area contributed by atoms with E-state index in [0.29, 0.717) is 18.9 Å². The van der Waals surface area contributed by atoms with Gasteiger partial charge in [0.1, 0.15) is 0 Å². The Labute approximate surface area is 134 Å². The average Bonchev–Trinajstić information content (AvgIpc) is 2.45. The molecule has 2 amide bonds. The molecule has 0 bridgehead atoms. The molecule has 2 unspecified atom stereocenters. The van der Waals surface area contributed by atoms with Gasteiger partial charge in [0, 0.05) is 13.2 Å². The van der Waals surface area contributed by atoms with Crippen LogP contribution in [0.15, 0.2) is 24.3 Å². The van der Waals surface area contributed by atoms with Gasteiger partial charge in [-0.3, -0.25) is 0 Å². The van der Waals surface area contributed by atoms with E-state index in [4.69, 9.17) is 5.11 Å². The van der Waals surface area contributed by atoms with Crippen LogP contribution in [0.3, 0.4) is 0 Å². The first-order chi connectivity index (χ1) is 10.4. The number of hydrogen-bond acceptors (Lipinski definition) is 2. The van der Waals surface area contributed by atoms with Gasteiger partial charge in [0.2, 0.25) is 0 Å². The SMILES string of the molecule is CC(C)Cc1ccc(C(C)NC(=O)NCC(C)CCO)cc1. The van der Waals surface area contributed by atoms with Gasteiger partial charge >= 0.3 is 6.03 Å². The number of aliphatic hydroxyl groups is 1. The number of benzene rings is 1. The number of amides is 2. The highest BCUT2D eigenvalue weighted by Crippen LogP contribution is 2.15. The molecule has 0 aliphatic heterocycles. The Bertz CT molecular complexity index is 443. The number of carbonyl (C=O) groups is 1. The maximum Gasteiger partial charge on any atom is 0.315 e. The van der Waals surface area contributed by atoms with Gasteiger partial charge in [-0.2, -0.15) is 0 Å². The largest absolute Gasteiger partial charge is 0.396 e. The summed E-state index contributed by atoms with van der Waals surface area (Å²) in [7, 11) is 0. The molecule has 1 aromatic carbocycles. The van der Waals surface area contributed by atoms with Crippen molar-refractivity contribution in [1.29, 1.82) is 0 Å². The molecule has 1 rings (SSSR count). The number of urea groups is 1. The standard InChI is InChI=1S/C18H30N2O2/c1-13(2)11-16-5-7-17(8-6-16)15(4)20-18(22)19-12-14(3)9-10-21/h5-8,13-15,21H,9-12H2,1-4H3,(H2,19,20,22). The first-order valence-corrected chi connectivity index (χ1v) is 8.16. The molecule has 124 valence electrons. The summed E-state index contributed by atoms with van der Waals surface area (Å²) in [6.45, 7) is 9.14. The Kier molecular flexibility index (Phi) is 7.96. The molecule has 2 atom stereocenters. The molecule has 0 saturated carbocycles. The van der Waals surface area contributed by atoms with Gasteiger partial charge in [-0.05, 0) is 42.7 Å². The summed E-state index contributed by atoms with van der Waals surface area (Å²) in [5, 5.41) is 14.6. The van der Waals surface area contributed by atoms with E-state index in [-0.39, 0.29) is 24.6 Å². The Balaban J connectivity index is 2.43. The Morgan fingerprint density at radius 2 is 1.77 bits per heavy atom. The van der Waals surface area contributed by atoms with Crippen LogP contribution in [0.2, 0.25) is 0 Å². The highest BCUT2D eigenvalue weighted by molar-refractivity contribution is 5.74. The van der Waals surface area contributed by atoms with E-state index >= 15 is 0 Å². The van der Waals surface area contributed by atoms with Crippen LogP contribution in [0.4, 0.5) is 4.79 Å². The molecule has 1 aromatic rings. The third-order valence-electron chi connectivity index (χ3n) is 3.70. The summed E-state index contributed by atoms with van der Waals surface area (Å²) in [6.07, 6.45) is 1.78. The molecule has 0 spiro atoms. The van der Waals surface area contributed by atoms with Crippen molar-refractivity contribution in [3.8, 4) is 0 Å². The fourth-order valence-electron chi connectivity index (χ4n) is 2.33. The first-order valence-electron chi connectivity index (χ1n) is 8.16. The predicted molar refractivity (Wildman–Crippen MR) is 90.8 cm³/mol. The number of carbonyl (C=O) groups excluding carboxylic acids is 1. The van der Waals surface area contributed by atoms with Crippen LogP contribution in [0.5, 0.6) is 0 Å². The fourth-order valence-corrected chi connectivity index (χ4v) is 2.33. The van der Waals surface area contributed by atoms with Gasteiger partial charge in [0.05, 0.1) is 6.04 Å². The number of nitrogens with one attached hydrogen (secondary N) is 2. The van der Waals surface area contributed by atoms with E-state index in [9.17, 15) is 4.79 Å². The van der Waals surface area contributed by atoms with Crippen molar-refractivity contribution in [3.63, 3.8) is 0 Å². The van der Waals surface area contributed by atoms with Crippen molar-refractivity contribution in [2.45, 2.75) is 46.6 Å². The Morgan fingerprint density at radius 3 is 2.32 bits per heavy atom. The zero-order chi connectivity index (χ0) is 16.5. The minimum absolute atomic E-state index is 0.0266. The van der Waals surface area contributed by atoms with Crippen LogP contribution < -0.4 is 10.6 Å². The molecule has 0 aromatic heterocycles. The maximum atomic E-state index is 11.9. The molecular formula is C18H30N2O2. The van der Waals surface area contributed by atoms with Crippen molar-refractivity contribution in [1.82, 2.24) is 10.6 Å². The normalized spacial score (nSPS) is 13.7. The summed E-state index contributed by atoms with van der Waals surface area (Å²) in [6, 6.07) is 8.24. The minimum Gasteiger partial charge on any atom is -0.396 e. The number of aliphatic hydroxyl groups excluding tert-OH is 1. The van der Waals surface area contributed by atoms with Gasteiger partial charge < -0.3 is 15.7 Å². The van der Waals surface area contributed by atoms with Crippen LogP contribution in [0.25, 0.3) is 0 Å². The van der Waals surface area contributed by atoms with Crippen LogP contribution in [-0.2, 0) is 6.42 Å². The van der Waals surface area contributed by atoms with Crippen LogP contribution >= 0.6 is 0 Å². The minimum atomic E-state index is -0.163. The molecule has 0 fully saturated rings. The maximum absolute atomic E-state index is 11.9. The Hall–Kier alpha value is -1.55.